The molecule has 6 heteroatoms. The minimum absolute atomic E-state index is 0.113. The zero-order valence-electron chi connectivity index (χ0n) is 10.8. The Morgan fingerprint density at radius 3 is 2.61 bits per heavy atom. The van der Waals surface area contributed by atoms with E-state index in [9.17, 15) is 14.4 Å². The van der Waals surface area contributed by atoms with Crippen molar-refractivity contribution in [3.8, 4) is 0 Å². The summed E-state index contributed by atoms with van der Waals surface area (Å²) < 4.78 is 4.86. The first-order valence-corrected chi connectivity index (χ1v) is 6.32. The Morgan fingerprint density at radius 1 is 1.44 bits per heavy atom. The van der Waals surface area contributed by atoms with Crippen LogP contribution in [0.3, 0.4) is 0 Å². The van der Waals surface area contributed by atoms with E-state index in [-0.39, 0.29) is 24.5 Å². The van der Waals surface area contributed by atoms with E-state index < -0.39 is 12.0 Å². The van der Waals surface area contributed by atoms with E-state index in [2.05, 4.69) is 10.6 Å². The van der Waals surface area contributed by atoms with E-state index in [0.29, 0.717) is 12.8 Å². The van der Waals surface area contributed by atoms with Gasteiger partial charge in [-0.2, -0.15) is 0 Å². The quantitative estimate of drug-likeness (QED) is 0.661. The largest absolute Gasteiger partial charge is 0.454 e. The Bertz CT molecular complexity index is 326. The van der Waals surface area contributed by atoms with E-state index in [1.807, 2.05) is 13.8 Å². The molecule has 1 fully saturated rings. The van der Waals surface area contributed by atoms with Crippen LogP contribution in [0.25, 0.3) is 0 Å². The minimum Gasteiger partial charge on any atom is -0.454 e. The van der Waals surface area contributed by atoms with E-state index in [1.54, 1.807) is 0 Å². The maximum Gasteiger partial charge on any atom is 0.329 e. The van der Waals surface area contributed by atoms with Gasteiger partial charge in [0, 0.05) is 12.5 Å². The number of rotatable bonds is 6. The van der Waals surface area contributed by atoms with Gasteiger partial charge in [0.25, 0.3) is 5.91 Å². The highest BCUT2D eigenvalue weighted by Gasteiger charge is 2.28. The van der Waals surface area contributed by atoms with Gasteiger partial charge in [-0.05, 0) is 19.3 Å². The van der Waals surface area contributed by atoms with Gasteiger partial charge >= 0.3 is 5.97 Å². The Morgan fingerprint density at radius 2 is 2.11 bits per heavy atom. The topological polar surface area (TPSA) is 84.5 Å². The lowest BCUT2D eigenvalue weighted by Gasteiger charge is -2.15. The van der Waals surface area contributed by atoms with Crippen LogP contribution in [-0.2, 0) is 19.1 Å². The van der Waals surface area contributed by atoms with Crippen molar-refractivity contribution in [1.82, 2.24) is 10.6 Å². The molecule has 1 aliphatic rings. The van der Waals surface area contributed by atoms with Crippen LogP contribution in [-0.4, -0.2) is 36.5 Å². The molecule has 0 unspecified atom stereocenters. The maximum absolute atomic E-state index is 11.5. The fourth-order valence-corrected chi connectivity index (χ4v) is 1.79. The second-order valence-corrected chi connectivity index (χ2v) is 4.35. The summed E-state index contributed by atoms with van der Waals surface area (Å²) in [6.07, 6.45) is 2.45. The van der Waals surface area contributed by atoms with E-state index in [0.717, 1.165) is 12.8 Å². The fourth-order valence-electron chi connectivity index (χ4n) is 1.79. The van der Waals surface area contributed by atoms with Gasteiger partial charge in [-0.3, -0.25) is 9.59 Å². The summed E-state index contributed by atoms with van der Waals surface area (Å²) in [6, 6.07) is -0.485. The predicted molar refractivity (Wildman–Crippen MR) is 64.6 cm³/mol. The Labute approximate surface area is 106 Å². The molecule has 2 N–H and O–H groups in total. The first kappa shape index (κ1) is 14.5. The molecule has 18 heavy (non-hydrogen) atoms. The van der Waals surface area contributed by atoms with Crippen LogP contribution < -0.4 is 10.6 Å². The van der Waals surface area contributed by atoms with Crippen LogP contribution in [0.5, 0.6) is 0 Å². The van der Waals surface area contributed by atoms with Crippen LogP contribution in [0, 0.1) is 0 Å². The summed E-state index contributed by atoms with van der Waals surface area (Å²) in [5.41, 5.74) is 0. The van der Waals surface area contributed by atoms with Gasteiger partial charge in [-0.1, -0.05) is 13.8 Å². The van der Waals surface area contributed by atoms with Gasteiger partial charge in [0.15, 0.2) is 6.61 Å². The molecule has 102 valence electrons. The second-order valence-electron chi connectivity index (χ2n) is 4.35. The van der Waals surface area contributed by atoms with Crippen LogP contribution in [0.4, 0.5) is 0 Å². The van der Waals surface area contributed by atoms with Crippen molar-refractivity contribution < 1.29 is 19.1 Å². The summed E-state index contributed by atoms with van der Waals surface area (Å²) in [4.78, 5) is 33.9. The summed E-state index contributed by atoms with van der Waals surface area (Å²) in [5.74, 6) is -1.000. The molecule has 0 aromatic heterocycles. The molecule has 0 aliphatic carbocycles. The molecule has 0 aromatic carbocycles. The monoisotopic (exact) mass is 256 g/mol. The van der Waals surface area contributed by atoms with Gasteiger partial charge < -0.3 is 15.4 Å². The first-order valence-electron chi connectivity index (χ1n) is 6.32. The lowest BCUT2D eigenvalue weighted by atomic mass is 10.2. The molecule has 0 radical (unpaired) electrons. The van der Waals surface area contributed by atoms with Crippen molar-refractivity contribution >= 4 is 17.8 Å². The van der Waals surface area contributed by atoms with Crippen molar-refractivity contribution in [2.45, 2.75) is 51.6 Å². The number of carbonyl (C=O) groups excluding carboxylic acids is 3. The molecule has 0 aromatic rings. The maximum atomic E-state index is 11.5. The number of amides is 2. The third-order valence-corrected chi connectivity index (χ3v) is 2.98. The lowest BCUT2D eigenvalue weighted by Crippen LogP contribution is -2.39. The van der Waals surface area contributed by atoms with E-state index in [1.165, 1.54) is 0 Å². The molecule has 1 aliphatic heterocycles. The van der Waals surface area contributed by atoms with E-state index >= 15 is 0 Å². The summed E-state index contributed by atoms with van der Waals surface area (Å²) >= 11 is 0. The molecule has 1 atom stereocenters. The Balaban J connectivity index is 2.25. The first-order chi connectivity index (χ1) is 8.56. The molecule has 0 saturated carbocycles. The molecule has 1 heterocycles. The molecule has 2 amide bonds. The number of hydrogen-bond donors (Lipinski definition) is 2. The highest BCUT2D eigenvalue weighted by atomic mass is 16.5. The van der Waals surface area contributed by atoms with Crippen molar-refractivity contribution in [2.75, 3.05) is 6.61 Å². The molecular weight excluding hydrogens is 236 g/mol. The minimum atomic E-state index is -0.599. The molecule has 6 nitrogen and oxygen atoms in total. The molecule has 0 spiro atoms. The van der Waals surface area contributed by atoms with E-state index in [4.69, 9.17) is 4.74 Å². The average Bonchev–Trinajstić information content (AvgIpc) is 2.79. The summed E-state index contributed by atoms with van der Waals surface area (Å²) in [6.45, 7) is 3.67. The van der Waals surface area contributed by atoms with Crippen LogP contribution in [0.15, 0.2) is 0 Å². The van der Waals surface area contributed by atoms with Crippen LogP contribution >= 0.6 is 0 Å². The standard InChI is InChI=1S/C12H20N2O4/c1-3-8(4-2)13-11(16)7-18-12(17)9-5-6-10(15)14-9/h8-9H,3-7H2,1-2H3,(H,13,16)(H,14,15)/t9-/m0/s1. The van der Waals surface area contributed by atoms with Gasteiger partial charge in [0.05, 0.1) is 0 Å². The number of esters is 1. The fraction of sp³-hybridized carbons (Fsp3) is 0.750. The van der Waals surface area contributed by atoms with Crippen molar-refractivity contribution in [3.63, 3.8) is 0 Å². The SMILES string of the molecule is CCC(CC)NC(=O)COC(=O)[C@@H]1CCC(=O)N1. The zero-order chi connectivity index (χ0) is 13.5. The van der Waals surface area contributed by atoms with Gasteiger partial charge in [-0.25, -0.2) is 4.79 Å². The highest BCUT2D eigenvalue weighted by molar-refractivity contribution is 5.89. The molecule has 1 saturated heterocycles. The van der Waals surface area contributed by atoms with Crippen molar-refractivity contribution in [1.29, 1.82) is 0 Å². The second kappa shape index (κ2) is 6.98. The number of nitrogens with one attached hydrogen (secondary N) is 2. The third kappa shape index (κ3) is 4.35. The lowest BCUT2D eigenvalue weighted by molar-refractivity contribution is -0.150. The van der Waals surface area contributed by atoms with Gasteiger partial charge in [-0.15, -0.1) is 0 Å². The van der Waals surface area contributed by atoms with Crippen LogP contribution in [0.2, 0.25) is 0 Å². The summed E-state index contributed by atoms with van der Waals surface area (Å²) in [7, 11) is 0. The number of carbonyl (C=O) groups is 3. The smallest absolute Gasteiger partial charge is 0.329 e. The Kier molecular flexibility index (Phi) is 5.61. The van der Waals surface area contributed by atoms with Gasteiger partial charge in [0.1, 0.15) is 6.04 Å². The predicted octanol–water partition coefficient (Wildman–Crippen LogP) is 0.113. The van der Waals surface area contributed by atoms with Crippen LogP contribution in [0.1, 0.15) is 39.5 Å². The molecular formula is C12H20N2O4. The number of ether oxygens (including phenoxy) is 1. The number of hydrogen-bond acceptors (Lipinski definition) is 4. The highest BCUT2D eigenvalue weighted by Crippen LogP contribution is 2.07. The van der Waals surface area contributed by atoms with Crippen molar-refractivity contribution in [3.05, 3.63) is 0 Å². The average molecular weight is 256 g/mol. The van der Waals surface area contributed by atoms with Gasteiger partial charge in [0.2, 0.25) is 5.91 Å². The van der Waals surface area contributed by atoms with Crippen molar-refractivity contribution in [2.24, 2.45) is 0 Å². The Hall–Kier alpha value is -1.59. The normalized spacial score (nSPS) is 18.6. The zero-order valence-corrected chi connectivity index (χ0v) is 10.8. The molecule has 0 bridgehead atoms. The summed E-state index contributed by atoms with van der Waals surface area (Å²) in [5, 5.41) is 5.26. The molecule has 1 rings (SSSR count). The third-order valence-electron chi connectivity index (χ3n) is 2.98.